The molecule has 8 N–H and O–H groups in total. The van der Waals surface area contributed by atoms with Crippen LogP contribution < -0.4 is 15.9 Å². The largest absolute Gasteiger partial charge is 0.507 e. The van der Waals surface area contributed by atoms with Crippen LogP contribution in [-0.2, 0) is 20.7 Å². The van der Waals surface area contributed by atoms with Crippen molar-refractivity contribution >= 4 is 23.2 Å². The maximum atomic E-state index is 14.0. The Labute approximate surface area is 347 Å². The van der Waals surface area contributed by atoms with Gasteiger partial charge in [0, 0.05) is 48.4 Å². The number of carbonyl (C=O) groups is 3. The first-order chi connectivity index (χ1) is 28.4. The molecule has 0 spiro atoms. The zero-order valence-electron chi connectivity index (χ0n) is 35.0. The van der Waals surface area contributed by atoms with Crippen molar-refractivity contribution in [3.8, 4) is 17.2 Å². The second kappa shape index (κ2) is 21.6. The van der Waals surface area contributed by atoms with Crippen LogP contribution >= 0.6 is 0 Å². The molecule has 59 heavy (non-hydrogen) atoms. The van der Waals surface area contributed by atoms with E-state index in [2.05, 4.69) is 17.5 Å². The maximum Gasteiger partial charge on any atom is 0.240 e. The highest BCUT2D eigenvalue weighted by atomic mass is 16.7. The number of carbonyl (C=O) groups excluding carboxylic acids is 3. The summed E-state index contributed by atoms with van der Waals surface area (Å²) >= 11 is 0. The number of aromatic hydroxyl groups is 2. The first kappa shape index (κ1) is 46.2. The number of aliphatic hydroxyl groups is 3. The van der Waals surface area contributed by atoms with Crippen molar-refractivity contribution in [1.82, 2.24) is 5.43 Å². The van der Waals surface area contributed by atoms with Gasteiger partial charge in [-0.05, 0) is 19.4 Å². The van der Waals surface area contributed by atoms with Gasteiger partial charge in [-0.2, -0.15) is 5.10 Å². The minimum Gasteiger partial charge on any atom is -0.507 e. The molecule has 1 unspecified atom stereocenters. The molecule has 0 aromatic heterocycles. The number of aliphatic hydroxyl groups excluding tert-OH is 2. The number of hydrazone groups is 1. The monoisotopic (exact) mass is 823 g/mol. The third kappa shape index (κ3) is 10.9. The van der Waals surface area contributed by atoms with Gasteiger partial charge in [0.2, 0.25) is 11.7 Å². The number of nitrogens with one attached hydrogen (secondary N) is 1. The highest BCUT2D eigenvalue weighted by Crippen LogP contribution is 2.52. The third-order valence-electron chi connectivity index (χ3n) is 12.2. The Morgan fingerprint density at radius 3 is 2.08 bits per heavy atom. The number of nitrogens with zero attached hydrogens (tertiary/aromatic N) is 1. The lowest BCUT2D eigenvalue weighted by Gasteiger charge is -2.43. The molecule has 1 aliphatic heterocycles. The summed E-state index contributed by atoms with van der Waals surface area (Å²) < 4.78 is 17.5. The van der Waals surface area contributed by atoms with Crippen LogP contribution in [0.15, 0.2) is 23.3 Å². The number of hydrogen-bond acceptors (Lipinski definition) is 13. The summed E-state index contributed by atoms with van der Waals surface area (Å²) in [5.74, 6) is -3.10. The van der Waals surface area contributed by atoms with Gasteiger partial charge in [-0.25, -0.2) is 5.43 Å². The number of unbranched alkanes of at least 4 members (excludes halogenated alkanes) is 14. The number of phenols is 2. The van der Waals surface area contributed by atoms with E-state index in [9.17, 15) is 39.9 Å². The fourth-order valence-electron chi connectivity index (χ4n) is 8.74. The number of methoxy groups -OCH3 is 1. The number of benzene rings is 2. The minimum absolute atomic E-state index is 0.0196. The number of hydrogen-bond donors (Lipinski definition) is 7. The number of ketones is 2. The molecule has 0 saturated carbocycles. The normalized spacial score (nSPS) is 24.1. The van der Waals surface area contributed by atoms with E-state index in [-0.39, 0.29) is 53.0 Å². The Balaban J connectivity index is 1.26. The van der Waals surface area contributed by atoms with E-state index < -0.39 is 89.4 Å². The van der Waals surface area contributed by atoms with Crippen LogP contribution in [-0.4, -0.2) is 92.6 Å². The van der Waals surface area contributed by atoms with Gasteiger partial charge in [0.05, 0.1) is 54.4 Å². The van der Waals surface area contributed by atoms with Crippen LogP contribution in [0.2, 0.25) is 0 Å². The summed E-state index contributed by atoms with van der Waals surface area (Å²) in [6.07, 6.45) is 13.2. The predicted octanol–water partition coefficient (Wildman–Crippen LogP) is 6.17. The number of phenolic OH excluding ortho intramolecular Hbond substituents is 2. The molecule has 0 bridgehead atoms. The van der Waals surface area contributed by atoms with Crippen molar-refractivity contribution in [3.05, 3.63) is 51.6 Å². The van der Waals surface area contributed by atoms with Crippen LogP contribution in [0.25, 0.3) is 0 Å². The first-order valence-electron chi connectivity index (χ1n) is 21.7. The molecule has 2 aromatic carbocycles. The number of rotatable bonds is 22. The summed E-state index contributed by atoms with van der Waals surface area (Å²) in [6, 6.07) is 3.70. The molecule has 2 aliphatic carbocycles. The summed E-state index contributed by atoms with van der Waals surface area (Å²) in [5.41, 5.74) is 5.07. The molecule has 14 nitrogen and oxygen atoms in total. The first-order valence-corrected chi connectivity index (χ1v) is 21.7. The fraction of sp³-hybridized carbons (Fsp3) is 0.644. The number of ether oxygens (including phenoxy) is 3. The predicted molar refractivity (Wildman–Crippen MR) is 222 cm³/mol. The van der Waals surface area contributed by atoms with Crippen LogP contribution in [0.1, 0.15) is 178 Å². The van der Waals surface area contributed by atoms with E-state index in [1.807, 2.05) is 0 Å². The van der Waals surface area contributed by atoms with Crippen molar-refractivity contribution in [1.29, 1.82) is 0 Å². The Morgan fingerprint density at radius 1 is 0.915 bits per heavy atom. The van der Waals surface area contributed by atoms with Crippen LogP contribution in [0.5, 0.6) is 17.2 Å². The molecule has 1 heterocycles. The molecular weight excluding hydrogens is 759 g/mol. The smallest absolute Gasteiger partial charge is 0.240 e. The van der Waals surface area contributed by atoms with Gasteiger partial charge in [0.1, 0.15) is 22.8 Å². The summed E-state index contributed by atoms with van der Waals surface area (Å²) in [7, 11) is 1.34. The van der Waals surface area contributed by atoms with E-state index in [4.69, 9.17) is 19.9 Å². The maximum absolute atomic E-state index is 14.0. The average Bonchev–Trinajstić information content (AvgIpc) is 3.21. The molecule has 1 amide bonds. The molecule has 1 saturated heterocycles. The van der Waals surface area contributed by atoms with E-state index >= 15 is 0 Å². The van der Waals surface area contributed by atoms with E-state index in [1.54, 1.807) is 6.92 Å². The van der Waals surface area contributed by atoms with Crippen molar-refractivity contribution < 1.29 is 54.1 Å². The third-order valence-corrected chi connectivity index (χ3v) is 12.2. The van der Waals surface area contributed by atoms with Crippen molar-refractivity contribution in [2.75, 3.05) is 13.7 Å². The second-order valence-corrected chi connectivity index (χ2v) is 16.5. The molecular formula is C45H65N3O11. The lowest BCUT2D eigenvalue weighted by Crippen LogP contribution is -2.53. The Hall–Kier alpha value is -3.92. The van der Waals surface area contributed by atoms with Gasteiger partial charge in [-0.1, -0.05) is 109 Å². The van der Waals surface area contributed by atoms with Crippen molar-refractivity contribution in [3.63, 3.8) is 0 Å². The number of fused-ring (bicyclic) bond motifs is 3. The zero-order valence-corrected chi connectivity index (χ0v) is 35.0. The summed E-state index contributed by atoms with van der Waals surface area (Å²) in [4.78, 5) is 40.8. The van der Waals surface area contributed by atoms with Gasteiger partial charge in [-0.3, -0.25) is 14.4 Å². The lowest BCUT2D eigenvalue weighted by atomic mass is 9.71. The lowest BCUT2D eigenvalue weighted by molar-refractivity contribution is -0.245. The summed E-state index contributed by atoms with van der Waals surface area (Å²) in [5, 5.41) is 60.9. The number of nitrogens with two attached hydrogens (primary N) is 1. The minimum atomic E-state index is -2.09. The van der Waals surface area contributed by atoms with Crippen molar-refractivity contribution in [2.45, 2.75) is 172 Å². The quantitative estimate of drug-likeness (QED) is 0.0261. The Morgan fingerprint density at radius 2 is 1.51 bits per heavy atom. The van der Waals surface area contributed by atoms with Gasteiger partial charge in [0.15, 0.2) is 12.1 Å². The van der Waals surface area contributed by atoms with E-state index in [0.717, 1.165) is 19.3 Å². The van der Waals surface area contributed by atoms with Gasteiger partial charge >= 0.3 is 0 Å². The molecule has 0 radical (unpaired) electrons. The molecule has 6 atom stereocenters. The van der Waals surface area contributed by atoms with E-state index in [0.29, 0.717) is 6.42 Å². The van der Waals surface area contributed by atoms with Crippen LogP contribution in [0, 0.1) is 0 Å². The van der Waals surface area contributed by atoms with Crippen LogP contribution in [0.3, 0.4) is 0 Å². The van der Waals surface area contributed by atoms with Gasteiger partial charge in [0.25, 0.3) is 0 Å². The molecule has 14 heteroatoms. The molecule has 3 aliphatic rings. The van der Waals surface area contributed by atoms with Crippen molar-refractivity contribution in [2.24, 2.45) is 10.8 Å². The van der Waals surface area contributed by atoms with Gasteiger partial charge < -0.3 is 45.5 Å². The highest BCUT2D eigenvalue weighted by Gasteiger charge is 2.49. The molecule has 2 aromatic rings. The zero-order chi connectivity index (χ0) is 42.7. The van der Waals surface area contributed by atoms with E-state index in [1.165, 1.54) is 95.9 Å². The fourth-order valence-corrected chi connectivity index (χ4v) is 8.74. The topological polar surface area (TPSA) is 230 Å². The van der Waals surface area contributed by atoms with Gasteiger partial charge in [-0.15, -0.1) is 0 Å². The Bertz CT molecular complexity index is 1800. The molecule has 1 fully saturated rings. The standard InChI is InChI=1S/C45H65N3O11/c1-4-5-6-7-8-9-10-11-12-13-14-15-16-17-18-22-34(50)48-47-33(26-49)45(56)24-29-37(32(25-45)59-35-23-30(46)40(51)27(2)58-35)44(55)39-38(42(29)53)41(52)28-20-19-21-31(57-3)36(28)43(39)54/h19-21,27,30,32,35,40,49,51,53,55-56H,4-18,22-26,46H2,1-3H3,(H,48,50)/b47-33+/t27?,30-,32+,35+,40-,45-/m1/s1. The summed E-state index contributed by atoms with van der Waals surface area (Å²) in [6.45, 7) is 3.05. The average molecular weight is 824 g/mol. The second-order valence-electron chi connectivity index (χ2n) is 16.5. The SMILES string of the molecule is CCCCCCCCCCCCCCCCCC(=O)N/N=C(\CO)[C@@]1(O)Cc2c(O)c3c(c(O)c2[C@@H](O[C@H]2C[C@@H](N)[C@H](O)C(C)O2)C1)C(=O)c1c(OC)cccc1C3=O. The number of amides is 1. The molecule has 326 valence electrons. The highest BCUT2D eigenvalue weighted by molar-refractivity contribution is 6.31. The van der Waals surface area contributed by atoms with Crippen LogP contribution in [0.4, 0.5) is 0 Å². The Kier molecular flexibility index (Phi) is 16.9. The molecule has 5 rings (SSSR count).